The molecule has 3 N–H and O–H groups in total. The van der Waals surface area contributed by atoms with E-state index in [0.29, 0.717) is 5.02 Å². The number of hydrogen-bond acceptors (Lipinski definition) is 4. The molecule has 0 saturated heterocycles. The van der Waals surface area contributed by atoms with Crippen molar-refractivity contribution in [3.8, 4) is 0 Å². The lowest BCUT2D eigenvalue weighted by Crippen LogP contribution is -2.35. The van der Waals surface area contributed by atoms with Gasteiger partial charge >= 0.3 is 0 Å². The van der Waals surface area contributed by atoms with Crippen LogP contribution >= 0.6 is 23.2 Å². The average Bonchev–Trinajstić information content (AvgIpc) is 2.16. The lowest BCUT2D eigenvalue weighted by Gasteiger charge is -2.05. The molecule has 0 fully saturated rings. The Morgan fingerprint density at radius 1 is 1.38 bits per heavy atom. The van der Waals surface area contributed by atoms with Crippen LogP contribution in [0.25, 0.3) is 0 Å². The Labute approximate surface area is 102 Å². The monoisotopic (exact) mass is 282 g/mol. The van der Waals surface area contributed by atoms with Crippen molar-refractivity contribution in [3.05, 3.63) is 28.2 Å². The summed E-state index contributed by atoms with van der Waals surface area (Å²) in [4.78, 5) is 10.7. The van der Waals surface area contributed by atoms with Gasteiger partial charge in [0.1, 0.15) is 5.75 Å². The van der Waals surface area contributed by atoms with Crippen molar-refractivity contribution < 1.29 is 13.2 Å². The van der Waals surface area contributed by atoms with Gasteiger partial charge in [-0.25, -0.2) is 14.3 Å². The number of hydrogen-bond donors (Lipinski definition) is 2. The fourth-order valence-electron chi connectivity index (χ4n) is 1.02. The molecule has 0 saturated carbocycles. The summed E-state index contributed by atoms with van der Waals surface area (Å²) in [6, 6.07) is 3.90. The Morgan fingerprint density at radius 3 is 2.50 bits per heavy atom. The lowest BCUT2D eigenvalue weighted by atomic mass is 10.4. The molecule has 0 aliphatic rings. The predicted octanol–water partition coefficient (Wildman–Crippen LogP) is 0.757. The first-order chi connectivity index (χ1) is 7.36. The Balaban J connectivity index is 3.13. The van der Waals surface area contributed by atoms with Crippen LogP contribution in [-0.2, 0) is 14.6 Å². The first-order valence-electron chi connectivity index (χ1n) is 4.04. The molecule has 0 aromatic heterocycles. The third-order valence-electron chi connectivity index (χ3n) is 1.71. The summed E-state index contributed by atoms with van der Waals surface area (Å²) in [6.45, 7) is 0. The van der Waals surface area contributed by atoms with Crippen molar-refractivity contribution in [2.24, 2.45) is 5.84 Å². The van der Waals surface area contributed by atoms with Gasteiger partial charge in [0, 0.05) is 5.02 Å². The average molecular weight is 283 g/mol. The topological polar surface area (TPSA) is 89.3 Å². The van der Waals surface area contributed by atoms with Crippen molar-refractivity contribution in [3.63, 3.8) is 0 Å². The van der Waals surface area contributed by atoms with Gasteiger partial charge in [0.05, 0.1) is 9.92 Å². The van der Waals surface area contributed by atoms with Crippen LogP contribution in [0.3, 0.4) is 0 Å². The fraction of sp³-hybridized carbons (Fsp3) is 0.125. The van der Waals surface area contributed by atoms with Crippen LogP contribution in [0.5, 0.6) is 0 Å². The van der Waals surface area contributed by atoms with Crippen LogP contribution in [0, 0.1) is 0 Å². The molecule has 1 aromatic rings. The molecule has 16 heavy (non-hydrogen) atoms. The minimum Gasteiger partial charge on any atom is -0.293 e. The number of benzene rings is 1. The molecular formula is C8H8Cl2N2O3S. The summed E-state index contributed by atoms with van der Waals surface area (Å²) in [5, 5.41) is 0.282. The van der Waals surface area contributed by atoms with Gasteiger partial charge in [0.15, 0.2) is 9.84 Å². The van der Waals surface area contributed by atoms with E-state index in [1.807, 2.05) is 0 Å². The molecule has 1 rings (SSSR count). The molecule has 1 aromatic carbocycles. The van der Waals surface area contributed by atoms with Crippen LogP contribution in [0.1, 0.15) is 0 Å². The van der Waals surface area contributed by atoms with Gasteiger partial charge in [0.2, 0.25) is 5.91 Å². The molecule has 88 valence electrons. The van der Waals surface area contributed by atoms with E-state index in [1.54, 1.807) is 5.43 Å². The first kappa shape index (κ1) is 13.2. The molecule has 1 amide bonds. The molecule has 0 heterocycles. The molecule has 0 aliphatic heterocycles. The van der Waals surface area contributed by atoms with Crippen LogP contribution in [0.2, 0.25) is 10.0 Å². The van der Waals surface area contributed by atoms with Gasteiger partial charge in [-0.2, -0.15) is 0 Å². The molecule has 0 atom stereocenters. The Bertz CT molecular complexity index is 516. The molecular weight excluding hydrogens is 275 g/mol. The highest BCUT2D eigenvalue weighted by Crippen LogP contribution is 2.25. The summed E-state index contributed by atoms with van der Waals surface area (Å²) in [6.07, 6.45) is 0. The van der Waals surface area contributed by atoms with Crippen LogP contribution < -0.4 is 11.3 Å². The van der Waals surface area contributed by atoms with Gasteiger partial charge in [-0.1, -0.05) is 23.2 Å². The zero-order valence-electron chi connectivity index (χ0n) is 7.91. The van der Waals surface area contributed by atoms with Crippen molar-refractivity contribution in [1.82, 2.24) is 5.43 Å². The van der Waals surface area contributed by atoms with Crippen LogP contribution in [0.4, 0.5) is 0 Å². The number of carbonyl (C=O) groups is 1. The number of nitrogens with two attached hydrogens (primary N) is 1. The number of nitrogens with one attached hydrogen (secondary N) is 1. The van der Waals surface area contributed by atoms with E-state index in [4.69, 9.17) is 29.0 Å². The van der Waals surface area contributed by atoms with Gasteiger partial charge < -0.3 is 0 Å². The molecule has 8 heteroatoms. The van der Waals surface area contributed by atoms with E-state index < -0.39 is 21.5 Å². The van der Waals surface area contributed by atoms with E-state index in [1.165, 1.54) is 18.2 Å². The summed E-state index contributed by atoms with van der Waals surface area (Å²) < 4.78 is 23.4. The summed E-state index contributed by atoms with van der Waals surface area (Å²) in [5.74, 6) is 3.23. The van der Waals surface area contributed by atoms with E-state index >= 15 is 0 Å². The van der Waals surface area contributed by atoms with Gasteiger partial charge in [-0.05, 0) is 18.2 Å². The van der Waals surface area contributed by atoms with Gasteiger partial charge in [-0.15, -0.1) is 0 Å². The number of carbonyl (C=O) groups excluding carboxylic acids is 1. The quantitative estimate of drug-likeness (QED) is 0.487. The highest BCUT2D eigenvalue weighted by Gasteiger charge is 2.21. The Hall–Kier alpha value is -0.820. The lowest BCUT2D eigenvalue weighted by molar-refractivity contribution is -0.118. The summed E-state index contributed by atoms with van der Waals surface area (Å²) >= 11 is 11.3. The molecule has 0 unspecified atom stereocenters. The van der Waals surface area contributed by atoms with E-state index in [9.17, 15) is 13.2 Å². The number of sulfone groups is 1. The Morgan fingerprint density at radius 2 is 2.00 bits per heavy atom. The predicted molar refractivity (Wildman–Crippen MR) is 60.8 cm³/mol. The molecule has 0 aliphatic carbocycles. The van der Waals surface area contributed by atoms with Gasteiger partial charge in [-0.3, -0.25) is 10.2 Å². The maximum atomic E-state index is 11.7. The SMILES string of the molecule is NNC(=O)CS(=O)(=O)c1ccc(Cl)cc1Cl. The first-order valence-corrected chi connectivity index (χ1v) is 6.45. The summed E-state index contributed by atoms with van der Waals surface area (Å²) in [7, 11) is -3.80. The van der Waals surface area contributed by atoms with E-state index in [2.05, 4.69) is 0 Å². The van der Waals surface area contributed by atoms with Crippen molar-refractivity contribution >= 4 is 38.9 Å². The Kier molecular flexibility index (Phi) is 4.15. The number of rotatable bonds is 3. The maximum Gasteiger partial charge on any atom is 0.249 e. The van der Waals surface area contributed by atoms with Gasteiger partial charge in [0.25, 0.3) is 0 Å². The normalized spacial score (nSPS) is 11.2. The minimum absolute atomic E-state index is 0.0303. The maximum absolute atomic E-state index is 11.7. The number of hydrazine groups is 1. The third kappa shape index (κ3) is 3.08. The smallest absolute Gasteiger partial charge is 0.249 e. The van der Waals surface area contributed by atoms with Crippen molar-refractivity contribution in [1.29, 1.82) is 0 Å². The highest BCUT2D eigenvalue weighted by atomic mass is 35.5. The second kappa shape index (κ2) is 5.01. The summed E-state index contributed by atoms with van der Waals surface area (Å²) in [5.41, 5.74) is 1.73. The highest BCUT2D eigenvalue weighted by molar-refractivity contribution is 7.92. The minimum atomic E-state index is -3.80. The molecule has 5 nitrogen and oxygen atoms in total. The van der Waals surface area contributed by atoms with Crippen molar-refractivity contribution in [2.45, 2.75) is 4.90 Å². The third-order valence-corrected chi connectivity index (χ3v) is 4.04. The van der Waals surface area contributed by atoms with E-state index in [0.717, 1.165) is 0 Å². The van der Waals surface area contributed by atoms with Crippen LogP contribution in [-0.4, -0.2) is 20.1 Å². The zero-order valence-corrected chi connectivity index (χ0v) is 10.2. The number of amides is 1. The van der Waals surface area contributed by atoms with Crippen LogP contribution in [0.15, 0.2) is 23.1 Å². The zero-order chi connectivity index (χ0) is 12.3. The fourth-order valence-corrected chi connectivity index (χ4v) is 3.00. The van der Waals surface area contributed by atoms with E-state index in [-0.39, 0.29) is 9.92 Å². The number of halogens is 2. The molecule has 0 radical (unpaired) electrons. The molecule has 0 spiro atoms. The second-order valence-electron chi connectivity index (χ2n) is 2.90. The molecule has 0 bridgehead atoms. The largest absolute Gasteiger partial charge is 0.293 e. The van der Waals surface area contributed by atoms with Crippen molar-refractivity contribution in [2.75, 3.05) is 5.75 Å². The second-order valence-corrected chi connectivity index (χ2v) is 5.70. The standard InChI is InChI=1S/C8H8Cl2N2O3S/c9-5-1-2-7(6(10)3-5)16(14,15)4-8(13)12-11/h1-3H,4,11H2,(H,12,13).